The number of nitrogens with zero attached hydrogens (tertiary/aromatic N) is 1. The van der Waals surface area contributed by atoms with Crippen LogP contribution in [-0.2, 0) is 15.4 Å². The summed E-state index contributed by atoms with van der Waals surface area (Å²) in [5, 5.41) is -0.217. The molecule has 1 aliphatic heterocycles. The molecule has 0 bridgehead atoms. The molecule has 1 aromatic carbocycles. The maximum absolute atomic E-state index is 13.3. The predicted molar refractivity (Wildman–Crippen MR) is 134 cm³/mol. The first kappa shape index (κ1) is 25.4. The Morgan fingerprint density at radius 3 is 2.36 bits per heavy atom. The number of alkyl halides is 2. The molecular formula is C25H37BrF2N2O2S. The molecule has 1 saturated heterocycles. The van der Waals surface area contributed by atoms with E-state index in [1.807, 2.05) is 12.1 Å². The van der Waals surface area contributed by atoms with Crippen molar-refractivity contribution in [3.63, 3.8) is 0 Å². The summed E-state index contributed by atoms with van der Waals surface area (Å²) >= 11 is 0. The number of anilines is 1. The number of rotatable bonds is 9. The summed E-state index contributed by atoms with van der Waals surface area (Å²) in [7, 11) is -3.24. The first-order valence-electron chi connectivity index (χ1n) is 12.5. The number of piperidine rings is 1. The van der Waals surface area contributed by atoms with Crippen molar-refractivity contribution in [3.05, 3.63) is 29.8 Å². The van der Waals surface area contributed by atoms with Crippen molar-refractivity contribution in [1.82, 2.24) is 4.90 Å². The van der Waals surface area contributed by atoms with Crippen LogP contribution < -0.4 is 4.72 Å². The van der Waals surface area contributed by atoms with Crippen LogP contribution in [0.25, 0.3) is 0 Å². The normalized spacial score (nSPS) is 31.6. The van der Waals surface area contributed by atoms with Gasteiger partial charge in [-0.15, -0.1) is 17.0 Å². The topological polar surface area (TPSA) is 49.4 Å². The smallest absolute Gasteiger partial charge is 0.248 e. The van der Waals surface area contributed by atoms with Crippen LogP contribution in [0, 0.1) is 17.8 Å². The molecule has 8 heteroatoms. The molecule has 2 atom stereocenters. The van der Waals surface area contributed by atoms with Crippen molar-refractivity contribution in [3.8, 4) is 0 Å². The molecule has 1 heterocycles. The first-order valence-corrected chi connectivity index (χ1v) is 14.0. The molecule has 1 aromatic rings. The highest BCUT2D eigenvalue weighted by Gasteiger charge is 2.67. The number of likely N-dealkylation sites (tertiary alicyclic amines) is 1. The Kier molecular flexibility index (Phi) is 7.21. The lowest BCUT2D eigenvalue weighted by Gasteiger charge is -2.29. The van der Waals surface area contributed by atoms with Gasteiger partial charge in [-0.05, 0) is 86.9 Å². The van der Waals surface area contributed by atoms with Gasteiger partial charge in [0.1, 0.15) is 0 Å². The highest BCUT2D eigenvalue weighted by molar-refractivity contribution is 8.93. The maximum Gasteiger partial charge on any atom is 0.248 e. The average molecular weight is 548 g/mol. The molecule has 0 spiro atoms. The Morgan fingerprint density at radius 1 is 1.09 bits per heavy atom. The third kappa shape index (κ3) is 5.13. The Bertz CT molecular complexity index is 931. The monoisotopic (exact) mass is 546 g/mol. The van der Waals surface area contributed by atoms with E-state index in [2.05, 4.69) is 28.7 Å². The number of halogens is 3. The van der Waals surface area contributed by atoms with Crippen molar-refractivity contribution in [2.45, 2.75) is 81.3 Å². The number of fused-ring (bicyclic) bond motifs is 1. The molecular weight excluding hydrogens is 510 g/mol. The van der Waals surface area contributed by atoms with E-state index in [0.29, 0.717) is 36.3 Å². The molecule has 4 fully saturated rings. The van der Waals surface area contributed by atoms with Crippen LogP contribution in [0.3, 0.4) is 0 Å². The van der Waals surface area contributed by atoms with E-state index >= 15 is 0 Å². The van der Waals surface area contributed by atoms with Crippen LogP contribution in [0.1, 0.15) is 70.3 Å². The van der Waals surface area contributed by atoms with Gasteiger partial charge in [0.2, 0.25) is 15.9 Å². The molecule has 0 amide bonds. The Morgan fingerprint density at radius 2 is 1.76 bits per heavy atom. The van der Waals surface area contributed by atoms with Crippen molar-refractivity contribution >= 4 is 32.7 Å². The largest absolute Gasteiger partial charge is 0.303 e. The van der Waals surface area contributed by atoms with E-state index in [9.17, 15) is 17.2 Å². The van der Waals surface area contributed by atoms with Gasteiger partial charge in [0, 0.05) is 37.0 Å². The van der Waals surface area contributed by atoms with Crippen molar-refractivity contribution in [2.75, 3.05) is 24.4 Å². The van der Waals surface area contributed by atoms with Gasteiger partial charge >= 0.3 is 0 Å². The molecule has 0 aromatic heterocycles. The van der Waals surface area contributed by atoms with E-state index in [1.165, 1.54) is 5.56 Å². The number of sulfonamides is 1. The summed E-state index contributed by atoms with van der Waals surface area (Å²) in [6.07, 6.45) is 6.28. The number of nitrogens with one attached hydrogen (secondary N) is 1. The molecule has 5 rings (SSSR count). The molecule has 186 valence electrons. The third-order valence-corrected chi connectivity index (χ3v) is 10.6. The van der Waals surface area contributed by atoms with Crippen molar-refractivity contribution < 1.29 is 17.2 Å². The lowest BCUT2D eigenvalue weighted by molar-refractivity contribution is -0.0468. The lowest BCUT2D eigenvalue weighted by Crippen LogP contribution is -2.31. The summed E-state index contributed by atoms with van der Waals surface area (Å²) in [4.78, 5) is 2.56. The second-order valence-corrected chi connectivity index (χ2v) is 12.7. The zero-order valence-corrected chi connectivity index (χ0v) is 22.0. The van der Waals surface area contributed by atoms with Gasteiger partial charge in [-0.1, -0.05) is 19.1 Å². The van der Waals surface area contributed by atoms with E-state index in [0.717, 1.165) is 51.7 Å². The van der Waals surface area contributed by atoms with Crippen LogP contribution in [0.5, 0.6) is 0 Å². The molecule has 1 N–H and O–H groups in total. The maximum atomic E-state index is 13.3. The third-order valence-electron chi connectivity index (χ3n) is 8.74. The molecule has 33 heavy (non-hydrogen) atoms. The fraction of sp³-hybridized carbons (Fsp3) is 0.760. The number of benzene rings is 1. The van der Waals surface area contributed by atoms with Crippen molar-refractivity contribution in [2.24, 2.45) is 17.8 Å². The predicted octanol–water partition coefficient (Wildman–Crippen LogP) is 5.98. The van der Waals surface area contributed by atoms with Gasteiger partial charge in [-0.2, -0.15) is 0 Å². The molecule has 4 aliphatic rings. The second kappa shape index (κ2) is 9.38. The van der Waals surface area contributed by atoms with Gasteiger partial charge in [0.05, 0.1) is 5.25 Å². The van der Waals surface area contributed by atoms with Gasteiger partial charge in [0.25, 0.3) is 0 Å². The van der Waals surface area contributed by atoms with Crippen LogP contribution in [0.4, 0.5) is 14.5 Å². The number of hydrogen-bond acceptors (Lipinski definition) is 3. The summed E-state index contributed by atoms with van der Waals surface area (Å²) in [6.45, 7) is 5.52. The lowest BCUT2D eigenvalue weighted by atomic mass is 9.84. The molecule has 3 saturated carbocycles. The summed E-state index contributed by atoms with van der Waals surface area (Å²) < 4.78 is 54.2. The minimum atomic E-state index is -3.24. The van der Waals surface area contributed by atoms with Crippen LogP contribution in [-0.4, -0.2) is 44.1 Å². The minimum Gasteiger partial charge on any atom is -0.303 e. The highest BCUT2D eigenvalue weighted by atomic mass is 79.9. The quantitative estimate of drug-likeness (QED) is 0.414. The summed E-state index contributed by atoms with van der Waals surface area (Å²) in [6, 6.07) is 8.07. The summed E-state index contributed by atoms with van der Waals surface area (Å²) in [5.74, 6) is -0.679. The number of hydrogen-bond donors (Lipinski definition) is 1. The van der Waals surface area contributed by atoms with Crippen LogP contribution in [0.15, 0.2) is 24.3 Å². The minimum absolute atomic E-state index is 0. The van der Waals surface area contributed by atoms with E-state index < -0.39 is 15.9 Å². The molecule has 3 aliphatic carbocycles. The first-order chi connectivity index (χ1) is 15.2. The Labute approximate surface area is 207 Å². The molecule has 2 unspecified atom stereocenters. The van der Waals surface area contributed by atoms with Crippen LogP contribution in [0.2, 0.25) is 0 Å². The Balaban J connectivity index is 0.00000259. The fourth-order valence-electron chi connectivity index (χ4n) is 6.65. The standard InChI is InChI=1S/C25H36F2N2O2S.BrH/c1-2-25(19-6-3-7-20(15-19)28-32(30,31)21-8-9-21)22-16-29(17-23(22)25)14-4-5-18-10-12-24(26,27)13-11-18;/h3,6-7,15,18,21-23,28H,2,4-5,8-14,16-17H2,1H3;1H. The summed E-state index contributed by atoms with van der Waals surface area (Å²) in [5.41, 5.74) is 2.14. The SMILES string of the molecule is Br.CCC1(c2cccc(NS(=O)(=O)C3CC3)c2)C2CN(CCCC3CCC(F)(F)CC3)CC21. The van der Waals surface area contributed by atoms with Gasteiger partial charge < -0.3 is 4.90 Å². The van der Waals surface area contributed by atoms with Gasteiger partial charge in [0.15, 0.2) is 0 Å². The van der Waals surface area contributed by atoms with Crippen LogP contribution >= 0.6 is 17.0 Å². The molecule has 4 nitrogen and oxygen atoms in total. The molecule has 0 radical (unpaired) electrons. The van der Waals surface area contributed by atoms with Crippen molar-refractivity contribution in [1.29, 1.82) is 0 Å². The van der Waals surface area contributed by atoms with E-state index in [-0.39, 0.29) is 40.5 Å². The average Bonchev–Trinajstić information content (AvgIpc) is 3.66. The van der Waals surface area contributed by atoms with Gasteiger partial charge in [-0.3, -0.25) is 4.72 Å². The zero-order valence-electron chi connectivity index (χ0n) is 19.4. The highest BCUT2D eigenvalue weighted by Crippen LogP contribution is 2.65. The van der Waals surface area contributed by atoms with E-state index in [4.69, 9.17) is 0 Å². The zero-order chi connectivity index (χ0) is 22.6. The fourth-order valence-corrected chi connectivity index (χ4v) is 8.02. The van der Waals surface area contributed by atoms with E-state index in [1.54, 1.807) is 0 Å². The second-order valence-electron chi connectivity index (χ2n) is 10.7. The Hall–Kier alpha value is -0.730. The van der Waals surface area contributed by atoms with Gasteiger partial charge in [-0.25, -0.2) is 17.2 Å².